The summed E-state index contributed by atoms with van der Waals surface area (Å²) in [5.74, 6) is 0. The molecule has 2 rings (SSSR count). The third-order valence-electron chi connectivity index (χ3n) is 3.11. The van der Waals surface area contributed by atoms with Gasteiger partial charge < -0.3 is 5.73 Å². The summed E-state index contributed by atoms with van der Waals surface area (Å²) in [6.07, 6.45) is 1.83. The first kappa shape index (κ1) is 8.70. The molecule has 0 aliphatic heterocycles. The van der Waals surface area contributed by atoms with Crippen LogP contribution in [0, 0.1) is 0 Å². The Morgan fingerprint density at radius 3 is 2.85 bits per heavy atom. The zero-order valence-electron chi connectivity index (χ0n) is 7.59. The average molecular weight is 179 g/mol. The van der Waals surface area contributed by atoms with Gasteiger partial charge in [0.2, 0.25) is 0 Å². The van der Waals surface area contributed by atoms with Crippen molar-refractivity contribution in [1.82, 2.24) is 0 Å². The molecular formula is C11H14FN. The predicted molar refractivity (Wildman–Crippen MR) is 51.5 cm³/mol. The Balaban J connectivity index is 2.47. The Morgan fingerprint density at radius 2 is 2.15 bits per heavy atom. The van der Waals surface area contributed by atoms with Crippen molar-refractivity contribution in [3.8, 4) is 0 Å². The molecule has 0 radical (unpaired) electrons. The van der Waals surface area contributed by atoms with Crippen molar-refractivity contribution < 1.29 is 4.39 Å². The van der Waals surface area contributed by atoms with Crippen LogP contribution in [0.15, 0.2) is 24.3 Å². The van der Waals surface area contributed by atoms with Gasteiger partial charge in [0.05, 0.1) is 0 Å². The molecule has 0 spiro atoms. The highest BCUT2D eigenvalue weighted by Gasteiger charge is 2.37. The van der Waals surface area contributed by atoms with Crippen LogP contribution in [0.1, 0.15) is 17.5 Å². The van der Waals surface area contributed by atoms with Gasteiger partial charge in [0.1, 0.15) is 6.67 Å². The van der Waals surface area contributed by atoms with Gasteiger partial charge in [-0.05, 0) is 24.0 Å². The van der Waals surface area contributed by atoms with E-state index >= 15 is 0 Å². The molecule has 1 unspecified atom stereocenters. The van der Waals surface area contributed by atoms with Crippen LogP contribution in [-0.4, -0.2) is 13.2 Å². The average Bonchev–Trinajstić information content (AvgIpc) is 2.58. The van der Waals surface area contributed by atoms with E-state index in [-0.39, 0.29) is 12.1 Å². The van der Waals surface area contributed by atoms with Gasteiger partial charge in [-0.25, -0.2) is 0 Å². The minimum Gasteiger partial charge on any atom is -0.329 e. The van der Waals surface area contributed by atoms with Gasteiger partial charge in [0, 0.05) is 12.0 Å². The Morgan fingerprint density at radius 1 is 1.38 bits per heavy atom. The summed E-state index contributed by atoms with van der Waals surface area (Å²) >= 11 is 0. The topological polar surface area (TPSA) is 26.0 Å². The van der Waals surface area contributed by atoms with Crippen LogP contribution < -0.4 is 5.73 Å². The zero-order valence-corrected chi connectivity index (χ0v) is 7.59. The van der Waals surface area contributed by atoms with E-state index in [9.17, 15) is 4.39 Å². The Hall–Kier alpha value is -0.890. The number of fused-ring (bicyclic) bond motifs is 1. The number of rotatable bonds is 2. The van der Waals surface area contributed by atoms with Gasteiger partial charge in [-0.1, -0.05) is 24.3 Å². The molecule has 1 atom stereocenters. The fourth-order valence-electron chi connectivity index (χ4n) is 2.17. The Labute approximate surface area is 77.8 Å². The molecule has 0 amide bonds. The maximum Gasteiger partial charge on any atom is 0.100 e. The van der Waals surface area contributed by atoms with Crippen LogP contribution >= 0.6 is 0 Å². The van der Waals surface area contributed by atoms with E-state index in [2.05, 4.69) is 6.07 Å². The Kier molecular flexibility index (Phi) is 2.08. The molecule has 0 saturated carbocycles. The van der Waals surface area contributed by atoms with Crippen LogP contribution in [0.25, 0.3) is 0 Å². The van der Waals surface area contributed by atoms with E-state index in [0.717, 1.165) is 18.4 Å². The highest BCUT2D eigenvalue weighted by atomic mass is 19.1. The van der Waals surface area contributed by atoms with Crippen LogP contribution in [0.2, 0.25) is 0 Å². The highest BCUT2D eigenvalue weighted by molar-refractivity contribution is 5.39. The number of halogens is 1. The minimum absolute atomic E-state index is 0.333. The summed E-state index contributed by atoms with van der Waals surface area (Å²) in [5, 5.41) is 0. The van der Waals surface area contributed by atoms with Crippen molar-refractivity contribution in [2.24, 2.45) is 5.73 Å². The first-order valence-electron chi connectivity index (χ1n) is 4.67. The van der Waals surface area contributed by atoms with Gasteiger partial charge in [-0.3, -0.25) is 4.39 Å². The van der Waals surface area contributed by atoms with Crippen molar-refractivity contribution in [2.45, 2.75) is 18.3 Å². The smallest absolute Gasteiger partial charge is 0.100 e. The maximum absolute atomic E-state index is 13.0. The lowest BCUT2D eigenvalue weighted by molar-refractivity contribution is 0.309. The number of nitrogens with two attached hydrogens (primary N) is 1. The molecule has 2 heteroatoms. The molecule has 13 heavy (non-hydrogen) atoms. The van der Waals surface area contributed by atoms with E-state index in [4.69, 9.17) is 5.73 Å². The number of hydrogen-bond acceptors (Lipinski definition) is 1. The van der Waals surface area contributed by atoms with E-state index in [0.29, 0.717) is 6.54 Å². The molecule has 1 aliphatic carbocycles. The quantitative estimate of drug-likeness (QED) is 0.736. The van der Waals surface area contributed by atoms with Gasteiger partial charge in [0.25, 0.3) is 0 Å². The van der Waals surface area contributed by atoms with E-state index in [1.165, 1.54) is 5.56 Å². The van der Waals surface area contributed by atoms with E-state index in [1.54, 1.807) is 0 Å². The normalized spacial score (nSPS) is 26.0. The van der Waals surface area contributed by atoms with Crippen molar-refractivity contribution in [1.29, 1.82) is 0 Å². The first-order valence-corrected chi connectivity index (χ1v) is 4.67. The molecule has 0 bridgehead atoms. The van der Waals surface area contributed by atoms with Gasteiger partial charge in [0.15, 0.2) is 0 Å². The summed E-state index contributed by atoms with van der Waals surface area (Å²) in [6, 6.07) is 8.05. The monoisotopic (exact) mass is 179 g/mol. The molecule has 2 N–H and O–H groups in total. The van der Waals surface area contributed by atoms with Crippen LogP contribution in [0.5, 0.6) is 0 Å². The summed E-state index contributed by atoms with van der Waals surface area (Å²) in [6.45, 7) is 0.0844. The van der Waals surface area contributed by atoms with Gasteiger partial charge in [-0.2, -0.15) is 0 Å². The SMILES string of the molecule is NCC1(CF)CCc2ccccc21. The zero-order chi connectivity index (χ0) is 9.31. The second kappa shape index (κ2) is 3.11. The third kappa shape index (κ3) is 1.17. The standard InChI is InChI=1S/C11H14FN/c12-7-11(8-13)6-5-9-3-1-2-4-10(9)11/h1-4H,5-8,13H2. The minimum atomic E-state index is -0.378. The van der Waals surface area contributed by atoms with Crippen molar-refractivity contribution in [2.75, 3.05) is 13.2 Å². The molecule has 0 saturated heterocycles. The lowest BCUT2D eigenvalue weighted by Gasteiger charge is -2.24. The molecular weight excluding hydrogens is 165 g/mol. The molecule has 0 fully saturated rings. The number of alkyl halides is 1. The lowest BCUT2D eigenvalue weighted by atomic mass is 9.83. The summed E-state index contributed by atoms with van der Waals surface area (Å²) < 4.78 is 13.0. The number of hydrogen-bond donors (Lipinski definition) is 1. The molecule has 70 valence electrons. The summed E-state index contributed by atoms with van der Waals surface area (Å²) in [5.41, 5.74) is 7.67. The molecule has 1 aromatic carbocycles. The second-order valence-electron chi connectivity index (χ2n) is 3.78. The van der Waals surface area contributed by atoms with Crippen LogP contribution in [0.3, 0.4) is 0 Å². The molecule has 1 aliphatic rings. The van der Waals surface area contributed by atoms with Crippen molar-refractivity contribution in [3.05, 3.63) is 35.4 Å². The van der Waals surface area contributed by atoms with E-state index < -0.39 is 0 Å². The fourth-order valence-corrected chi connectivity index (χ4v) is 2.17. The van der Waals surface area contributed by atoms with Crippen LogP contribution in [-0.2, 0) is 11.8 Å². The van der Waals surface area contributed by atoms with Crippen molar-refractivity contribution in [3.63, 3.8) is 0 Å². The van der Waals surface area contributed by atoms with Gasteiger partial charge >= 0.3 is 0 Å². The second-order valence-corrected chi connectivity index (χ2v) is 3.78. The van der Waals surface area contributed by atoms with E-state index in [1.807, 2.05) is 18.2 Å². The maximum atomic E-state index is 13.0. The molecule has 0 heterocycles. The fraction of sp³-hybridized carbons (Fsp3) is 0.455. The predicted octanol–water partition coefficient (Wildman–Crippen LogP) is 1.80. The largest absolute Gasteiger partial charge is 0.329 e. The highest BCUT2D eigenvalue weighted by Crippen LogP contribution is 2.38. The lowest BCUT2D eigenvalue weighted by Crippen LogP contribution is -2.34. The molecule has 1 nitrogen and oxygen atoms in total. The Bertz CT molecular complexity index is 305. The molecule has 1 aromatic rings. The first-order chi connectivity index (χ1) is 6.32. The van der Waals surface area contributed by atoms with Crippen LogP contribution in [0.4, 0.5) is 4.39 Å². The third-order valence-corrected chi connectivity index (χ3v) is 3.11. The van der Waals surface area contributed by atoms with Gasteiger partial charge in [-0.15, -0.1) is 0 Å². The van der Waals surface area contributed by atoms with Crippen molar-refractivity contribution >= 4 is 0 Å². The number of aryl methyl sites for hydroxylation is 1. The summed E-state index contributed by atoms with van der Waals surface area (Å²) in [7, 11) is 0. The summed E-state index contributed by atoms with van der Waals surface area (Å²) in [4.78, 5) is 0. The molecule has 0 aromatic heterocycles. The number of benzene rings is 1.